The van der Waals surface area contributed by atoms with E-state index >= 15 is 0 Å². The van der Waals surface area contributed by atoms with Gasteiger partial charge >= 0.3 is 0 Å². The Morgan fingerprint density at radius 2 is 2.12 bits per heavy atom. The minimum Gasteiger partial charge on any atom is -0.495 e. The van der Waals surface area contributed by atoms with E-state index in [1.54, 1.807) is 7.11 Å². The average molecular weight is 233 g/mol. The van der Waals surface area contributed by atoms with Crippen molar-refractivity contribution < 1.29 is 4.74 Å². The van der Waals surface area contributed by atoms with Crippen molar-refractivity contribution >= 4 is 5.69 Å². The fourth-order valence-electron chi connectivity index (χ4n) is 2.70. The van der Waals surface area contributed by atoms with Crippen molar-refractivity contribution in [3.05, 3.63) is 23.8 Å². The molecule has 2 nitrogen and oxygen atoms in total. The molecule has 1 N–H and O–H groups in total. The van der Waals surface area contributed by atoms with Gasteiger partial charge in [0.25, 0.3) is 0 Å². The molecular weight excluding hydrogens is 210 g/mol. The SMILES string of the molecule is COc1cc(C)ccc1NC1CCC(C)(C)C1. The molecule has 0 amide bonds. The highest BCUT2D eigenvalue weighted by Gasteiger charge is 2.31. The number of ether oxygens (including phenoxy) is 1. The summed E-state index contributed by atoms with van der Waals surface area (Å²) in [5.74, 6) is 0.953. The zero-order valence-electron chi connectivity index (χ0n) is 11.3. The van der Waals surface area contributed by atoms with E-state index in [1.807, 2.05) is 0 Å². The highest BCUT2D eigenvalue weighted by Crippen LogP contribution is 2.39. The molecular formula is C15H23NO. The van der Waals surface area contributed by atoms with E-state index in [1.165, 1.54) is 24.8 Å². The minimum atomic E-state index is 0.482. The molecule has 2 rings (SSSR count). The molecule has 17 heavy (non-hydrogen) atoms. The first-order valence-corrected chi connectivity index (χ1v) is 6.41. The number of rotatable bonds is 3. The van der Waals surface area contributed by atoms with Crippen LogP contribution in [0.4, 0.5) is 5.69 Å². The van der Waals surface area contributed by atoms with E-state index in [2.05, 4.69) is 44.3 Å². The van der Waals surface area contributed by atoms with Gasteiger partial charge in [0, 0.05) is 6.04 Å². The second-order valence-corrected chi connectivity index (χ2v) is 5.95. The predicted molar refractivity (Wildman–Crippen MR) is 72.8 cm³/mol. The molecule has 1 aliphatic carbocycles. The van der Waals surface area contributed by atoms with Crippen LogP contribution in [0.25, 0.3) is 0 Å². The maximum Gasteiger partial charge on any atom is 0.142 e. The predicted octanol–water partition coefficient (Wildman–Crippen LogP) is 3.99. The van der Waals surface area contributed by atoms with Crippen LogP contribution in [0, 0.1) is 12.3 Å². The van der Waals surface area contributed by atoms with E-state index in [-0.39, 0.29) is 0 Å². The molecule has 1 aromatic carbocycles. The maximum atomic E-state index is 5.43. The molecule has 1 aromatic rings. The number of nitrogens with one attached hydrogen (secondary N) is 1. The fraction of sp³-hybridized carbons (Fsp3) is 0.600. The first-order valence-electron chi connectivity index (χ1n) is 6.41. The lowest BCUT2D eigenvalue weighted by molar-refractivity contribution is 0.378. The summed E-state index contributed by atoms with van der Waals surface area (Å²) in [6.07, 6.45) is 3.80. The number of anilines is 1. The molecule has 1 saturated carbocycles. The van der Waals surface area contributed by atoms with Gasteiger partial charge in [-0.2, -0.15) is 0 Å². The van der Waals surface area contributed by atoms with Gasteiger partial charge in [0.1, 0.15) is 5.75 Å². The zero-order valence-corrected chi connectivity index (χ0v) is 11.3. The van der Waals surface area contributed by atoms with E-state index in [9.17, 15) is 0 Å². The van der Waals surface area contributed by atoms with Gasteiger partial charge in [0.2, 0.25) is 0 Å². The van der Waals surface area contributed by atoms with Crippen molar-refractivity contribution in [3.8, 4) is 5.75 Å². The molecule has 1 aliphatic rings. The van der Waals surface area contributed by atoms with Gasteiger partial charge in [-0.3, -0.25) is 0 Å². The van der Waals surface area contributed by atoms with Gasteiger partial charge in [-0.25, -0.2) is 0 Å². The molecule has 0 radical (unpaired) electrons. The highest BCUT2D eigenvalue weighted by atomic mass is 16.5. The van der Waals surface area contributed by atoms with Crippen LogP contribution in [-0.2, 0) is 0 Å². The third kappa shape index (κ3) is 2.93. The Morgan fingerprint density at radius 1 is 1.35 bits per heavy atom. The van der Waals surface area contributed by atoms with Crippen molar-refractivity contribution in [2.45, 2.75) is 46.1 Å². The van der Waals surface area contributed by atoms with Crippen LogP contribution in [0.5, 0.6) is 5.75 Å². The Kier molecular flexibility index (Phi) is 3.32. The normalized spacial score (nSPS) is 22.5. The van der Waals surface area contributed by atoms with Crippen molar-refractivity contribution in [2.24, 2.45) is 5.41 Å². The van der Waals surface area contributed by atoms with E-state index in [0.717, 1.165) is 11.4 Å². The van der Waals surface area contributed by atoms with Crippen LogP contribution in [0.15, 0.2) is 18.2 Å². The lowest BCUT2D eigenvalue weighted by Crippen LogP contribution is -2.18. The Balaban J connectivity index is 2.09. The summed E-state index contributed by atoms with van der Waals surface area (Å²) in [7, 11) is 1.73. The fourth-order valence-corrected chi connectivity index (χ4v) is 2.70. The molecule has 0 bridgehead atoms. The number of hydrogen-bond acceptors (Lipinski definition) is 2. The second kappa shape index (κ2) is 4.59. The summed E-state index contributed by atoms with van der Waals surface area (Å²) >= 11 is 0. The van der Waals surface area contributed by atoms with Crippen LogP contribution >= 0.6 is 0 Å². The Hall–Kier alpha value is -1.18. The molecule has 0 spiro atoms. The molecule has 94 valence electrons. The quantitative estimate of drug-likeness (QED) is 0.852. The first-order chi connectivity index (χ1) is 8.00. The first kappa shape index (κ1) is 12.3. The molecule has 2 heteroatoms. The molecule has 0 saturated heterocycles. The van der Waals surface area contributed by atoms with E-state index < -0.39 is 0 Å². The topological polar surface area (TPSA) is 21.3 Å². The van der Waals surface area contributed by atoms with Crippen LogP contribution in [0.2, 0.25) is 0 Å². The van der Waals surface area contributed by atoms with Gasteiger partial charge in [0.15, 0.2) is 0 Å². The average Bonchev–Trinajstić information content (AvgIpc) is 2.61. The standard InChI is InChI=1S/C15H23NO/c1-11-5-6-13(14(9-11)17-4)16-12-7-8-15(2,3)10-12/h5-6,9,12,16H,7-8,10H2,1-4H3. The summed E-state index contributed by atoms with van der Waals surface area (Å²) in [6, 6.07) is 6.92. The lowest BCUT2D eigenvalue weighted by atomic mass is 9.92. The third-order valence-electron chi connectivity index (χ3n) is 3.69. The van der Waals surface area contributed by atoms with Crippen molar-refractivity contribution in [3.63, 3.8) is 0 Å². The Bertz CT molecular complexity index is 398. The van der Waals surface area contributed by atoms with Crippen molar-refractivity contribution in [1.29, 1.82) is 0 Å². The third-order valence-corrected chi connectivity index (χ3v) is 3.69. The summed E-state index contributed by atoms with van der Waals surface area (Å²) < 4.78 is 5.43. The van der Waals surface area contributed by atoms with Gasteiger partial charge in [-0.15, -0.1) is 0 Å². The van der Waals surface area contributed by atoms with Gasteiger partial charge in [-0.1, -0.05) is 19.9 Å². The van der Waals surface area contributed by atoms with E-state index in [0.29, 0.717) is 11.5 Å². The number of methoxy groups -OCH3 is 1. The van der Waals surface area contributed by atoms with Gasteiger partial charge in [0.05, 0.1) is 12.8 Å². The molecule has 0 aromatic heterocycles. The summed E-state index contributed by atoms with van der Waals surface area (Å²) in [5.41, 5.74) is 2.84. The summed E-state index contributed by atoms with van der Waals surface area (Å²) in [5, 5.41) is 3.62. The molecule has 0 heterocycles. The van der Waals surface area contributed by atoms with Gasteiger partial charge < -0.3 is 10.1 Å². The van der Waals surface area contributed by atoms with Crippen molar-refractivity contribution in [1.82, 2.24) is 0 Å². The molecule has 1 atom stereocenters. The lowest BCUT2D eigenvalue weighted by Gasteiger charge is -2.20. The Labute approximate surface area is 104 Å². The zero-order chi connectivity index (χ0) is 12.5. The number of aryl methyl sites for hydroxylation is 1. The monoisotopic (exact) mass is 233 g/mol. The summed E-state index contributed by atoms with van der Waals surface area (Å²) in [4.78, 5) is 0. The minimum absolute atomic E-state index is 0.482. The molecule has 0 aliphatic heterocycles. The highest BCUT2D eigenvalue weighted by molar-refractivity contribution is 5.58. The summed E-state index contributed by atoms with van der Waals surface area (Å²) in [6.45, 7) is 6.78. The largest absolute Gasteiger partial charge is 0.495 e. The number of hydrogen-bond donors (Lipinski definition) is 1. The van der Waals surface area contributed by atoms with Crippen LogP contribution in [0.3, 0.4) is 0 Å². The van der Waals surface area contributed by atoms with Crippen LogP contribution in [0.1, 0.15) is 38.7 Å². The van der Waals surface area contributed by atoms with Crippen LogP contribution < -0.4 is 10.1 Å². The molecule has 1 unspecified atom stereocenters. The number of benzene rings is 1. The molecule has 1 fully saturated rings. The van der Waals surface area contributed by atoms with E-state index in [4.69, 9.17) is 4.74 Å². The maximum absolute atomic E-state index is 5.43. The smallest absolute Gasteiger partial charge is 0.142 e. The van der Waals surface area contributed by atoms with Gasteiger partial charge in [-0.05, 0) is 49.3 Å². The van der Waals surface area contributed by atoms with Crippen LogP contribution in [-0.4, -0.2) is 13.2 Å². The Morgan fingerprint density at radius 3 is 2.71 bits per heavy atom. The van der Waals surface area contributed by atoms with Crippen molar-refractivity contribution in [2.75, 3.05) is 12.4 Å². The second-order valence-electron chi connectivity index (χ2n) is 5.95.